The maximum atomic E-state index is 12.2. The number of piperidine rings is 1. The Hall–Kier alpha value is -3.09. The summed E-state index contributed by atoms with van der Waals surface area (Å²) in [5.74, 6) is 1.73. The summed E-state index contributed by atoms with van der Waals surface area (Å²) in [6.07, 6.45) is 5.44. The molecule has 7 heteroatoms. The molecule has 1 aliphatic heterocycles. The van der Waals surface area contributed by atoms with Gasteiger partial charge in [0, 0.05) is 41.1 Å². The molecule has 2 heterocycles. The highest BCUT2D eigenvalue weighted by Crippen LogP contribution is 2.25. The molecule has 0 atom stereocenters. The second kappa shape index (κ2) is 10.7. The number of carbonyl (C=O) groups is 1. The number of hydrogen-bond donors (Lipinski definition) is 2. The van der Waals surface area contributed by atoms with Gasteiger partial charge in [0.2, 0.25) is 5.91 Å². The number of benzene rings is 2. The fourth-order valence-corrected chi connectivity index (χ4v) is 4.05. The van der Waals surface area contributed by atoms with Gasteiger partial charge in [-0.3, -0.25) is 10.1 Å². The minimum absolute atomic E-state index is 0.241. The lowest BCUT2D eigenvalue weighted by Gasteiger charge is -2.32. The first-order valence-electron chi connectivity index (χ1n) is 11.0. The molecule has 1 aromatic heterocycles. The highest BCUT2D eigenvalue weighted by Gasteiger charge is 2.15. The van der Waals surface area contributed by atoms with Crippen LogP contribution in [0.25, 0.3) is 17.4 Å². The molecule has 1 saturated heterocycles. The second-order valence-electron chi connectivity index (χ2n) is 8.20. The molecule has 1 aliphatic rings. The van der Waals surface area contributed by atoms with Gasteiger partial charge in [0.05, 0.1) is 0 Å². The summed E-state index contributed by atoms with van der Waals surface area (Å²) in [7, 11) is 0. The van der Waals surface area contributed by atoms with Crippen LogP contribution in [0.1, 0.15) is 25.5 Å². The third kappa shape index (κ3) is 6.46. The Labute approximate surface area is 204 Å². The molecule has 0 bridgehead atoms. The summed E-state index contributed by atoms with van der Waals surface area (Å²) in [6, 6.07) is 19.1. The van der Waals surface area contributed by atoms with E-state index in [4.69, 9.17) is 28.2 Å². The van der Waals surface area contributed by atoms with Crippen molar-refractivity contribution in [2.24, 2.45) is 5.92 Å². The number of thiocarbonyl (C=S) groups is 1. The van der Waals surface area contributed by atoms with Crippen molar-refractivity contribution >= 4 is 52.3 Å². The van der Waals surface area contributed by atoms with Crippen molar-refractivity contribution in [3.63, 3.8) is 0 Å². The van der Waals surface area contributed by atoms with Gasteiger partial charge in [-0.25, -0.2) is 0 Å². The van der Waals surface area contributed by atoms with Crippen LogP contribution < -0.4 is 15.5 Å². The van der Waals surface area contributed by atoms with Gasteiger partial charge in [0.15, 0.2) is 5.11 Å². The Morgan fingerprint density at radius 3 is 2.45 bits per heavy atom. The Morgan fingerprint density at radius 1 is 1.06 bits per heavy atom. The molecule has 0 spiro atoms. The molecule has 0 saturated carbocycles. The first kappa shape index (κ1) is 23.1. The van der Waals surface area contributed by atoms with E-state index in [1.54, 1.807) is 24.3 Å². The van der Waals surface area contributed by atoms with Crippen LogP contribution in [-0.4, -0.2) is 24.1 Å². The summed E-state index contributed by atoms with van der Waals surface area (Å²) in [5, 5.41) is 6.61. The summed E-state index contributed by atoms with van der Waals surface area (Å²) >= 11 is 11.2. The zero-order valence-corrected chi connectivity index (χ0v) is 20.0. The van der Waals surface area contributed by atoms with Crippen molar-refractivity contribution < 1.29 is 9.21 Å². The van der Waals surface area contributed by atoms with E-state index >= 15 is 0 Å². The van der Waals surface area contributed by atoms with Crippen LogP contribution in [0.15, 0.2) is 71.2 Å². The third-order valence-electron chi connectivity index (χ3n) is 5.67. The van der Waals surface area contributed by atoms with E-state index in [0.717, 1.165) is 30.3 Å². The van der Waals surface area contributed by atoms with Gasteiger partial charge < -0.3 is 14.6 Å². The van der Waals surface area contributed by atoms with E-state index in [1.165, 1.54) is 24.6 Å². The summed E-state index contributed by atoms with van der Waals surface area (Å²) in [5.41, 5.74) is 2.95. The number of halogens is 1. The average Bonchev–Trinajstić information content (AvgIpc) is 3.28. The lowest BCUT2D eigenvalue weighted by Crippen LogP contribution is -2.33. The number of rotatable bonds is 5. The second-order valence-corrected chi connectivity index (χ2v) is 9.05. The molecule has 3 aromatic rings. The lowest BCUT2D eigenvalue weighted by atomic mass is 9.99. The molecule has 5 nitrogen and oxygen atoms in total. The van der Waals surface area contributed by atoms with E-state index in [1.807, 2.05) is 30.3 Å². The Morgan fingerprint density at radius 2 is 1.76 bits per heavy atom. The van der Waals surface area contributed by atoms with Crippen molar-refractivity contribution in [3.05, 3.63) is 77.5 Å². The fourth-order valence-electron chi connectivity index (χ4n) is 3.71. The molecule has 170 valence electrons. The summed E-state index contributed by atoms with van der Waals surface area (Å²) < 4.78 is 5.77. The van der Waals surface area contributed by atoms with Crippen LogP contribution in [0.4, 0.5) is 11.4 Å². The van der Waals surface area contributed by atoms with Gasteiger partial charge in [0.1, 0.15) is 11.5 Å². The zero-order chi connectivity index (χ0) is 23.2. The monoisotopic (exact) mass is 479 g/mol. The van der Waals surface area contributed by atoms with Gasteiger partial charge in [-0.15, -0.1) is 0 Å². The molecule has 33 heavy (non-hydrogen) atoms. The minimum Gasteiger partial charge on any atom is -0.457 e. The maximum absolute atomic E-state index is 12.2. The molecule has 0 unspecified atom stereocenters. The van der Waals surface area contributed by atoms with Crippen molar-refractivity contribution in [1.29, 1.82) is 0 Å². The van der Waals surface area contributed by atoms with Crippen LogP contribution in [0.2, 0.25) is 5.02 Å². The fraction of sp³-hybridized carbons (Fsp3) is 0.231. The predicted octanol–water partition coefficient (Wildman–Crippen LogP) is 6.36. The lowest BCUT2D eigenvalue weighted by molar-refractivity contribution is -0.115. The number of nitrogens with zero attached hydrogens (tertiary/aromatic N) is 1. The number of carbonyl (C=O) groups excluding carboxylic acids is 1. The molecule has 1 fully saturated rings. The molecular weight excluding hydrogens is 454 g/mol. The van der Waals surface area contributed by atoms with E-state index in [0.29, 0.717) is 16.5 Å². The number of hydrogen-bond acceptors (Lipinski definition) is 4. The van der Waals surface area contributed by atoms with E-state index in [2.05, 4.69) is 34.6 Å². The molecule has 2 N–H and O–H groups in total. The molecular formula is C26H26ClN3O2S. The largest absolute Gasteiger partial charge is 0.457 e. The van der Waals surface area contributed by atoms with Crippen molar-refractivity contribution in [2.75, 3.05) is 23.3 Å². The first-order chi connectivity index (χ1) is 16.0. The number of furan rings is 1. The van der Waals surface area contributed by atoms with E-state index in [9.17, 15) is 4.79 Å². The van der Waals surface area contributed by atoms with Gasteiger partial charge in [-0.2, -0.15) is 0 Å². The number of amides is 1. The van der Waals surface area contributed by atoms with E-state index < -0.39 is 0 Å². The molecule has 1 amide bonds. The highest BCUT2D eigenvalue weighted by atomic mass is 35.5. The van der Waals surface area contributed by atoms with Crippen molar-refractivity contribution in [1.82, 2.24) is 5.32 Å². The van der Waals surface area contributed by atoms with Crippen molar-refractivity contribution in [2.45, 2.75) is 19.8 Å². The Kier molecular flexibility index (Phi) is 7.47. The first-order valence-corrected chi connectivity index (χ1v) is 11.8. The molecule has 4 rings (SSSR count). The normalized spacial score (nSPS) is 14.4. The zero-order valence-electron chi connectivity index (χ0n) is 18.4. The Bertz CT molecular complexity index is 1130. The SMILES string of the molecule is CC1CCN(c2ccc(NC(=S)NC(=O)C=Cc3ccc(-c4ccc(Cl)cc4)o3)cc2)CC1. The van der Waals surface area contributed by atoms with Crippen LogP contribution in [0, 0.1) is 5.92 Å². The summed E-state index contributed by atoms with van der Waals surface area (Å²) in [4.78, 5) is 14.6. The predicted molar refractivity (Wildman–Crippen MR) is 140 cm³/mol. The molecule has 0 radical (unpaired) electrons. The number of nitrogens with one attached hydrogen (secondary N) is 2. The third-order valence-corrected chi connectivity index (χ3v) is 6.12. The average molecular weight is 480 g/mol. The molecule has 2 aromatic carbocycles. The minimum atomic E-state index is -0.337. The standard InChI is InChI=1S/C26H26ClN3O2S/c1-18-14-16-30(17-15-18)22-8-6-21(7-9-22)28-26(33)29-25(31)13-11-23-10-12-24(32-23)19-2-4-20(27)5-3-19/h2-13,18H,14-17H2,1H3,(H2,28,29,31,33). The van der Waals surface area contributed by atoms with Gasteiger partial charge in [-0.1, -0.05) is 18.5 Å². The maximum Gasteiger partial charge on any atom is 0.250 e. The summed E-state index contributed by atoms with van der Waals surface area (Å²) in [6.45, 7) is 4.49. The van der Waals surface area contributed by atoms with E-state index in [-0.39, 0.29) is 11.0 Å². The van der Waals surface area contributed by atoms with Crippen LogP contribution in [0.5, 0.6) is 0 Å². The topological polar surface area (TPSA) is 57.5 Å². The molecule has 0 aliphatic carbocycles. The number of anilines is 2. The van der Waals surface area contributed by atoms with Gasteiger partial charge in [0.25, 0.3) is 0 Å². The van der Waals surface area contributed by atoms with Crippen LogP contribution in [0.3, 0.4) is 0 Å². The van der Waals surface area contributed by atoms with Crippen LogP contribution >= 0.6 is 23.8 Å². The van der Waals surface area contributed by atoms with Gasteiger partial charge in [-0.05, 0) is 97.7 Å². The Balaban J connectivity index is 1.27. The van der Waals surface area contributed by atoms with Crippen molar-refractivity contribution in [3.8, 4) is 11.3 Å². The van der Waals surface area contributed by atoms with Gasteiger partial charge >= 0.3 is 0 Å². The smallest absolute Gasteiger partial charge is 0.250 e. The quantitative estimate of drug-likeness (QED) is 0.329. The highest BCUT2D eigenvalue weighted by molar-refractivity contribution is 7.80. The van der Waals surface area contributed by atoms with Crippen LogP contribution in [-0.2, 0) is 4.79 Å².